The normalized spacial score (nSPS) is 12.5. The van der Waals surface area contributed by atoms with Crippen molar-refractivity contribution in [1.29, 1.82) is 0 Å². The molecule has 108 valence electrons. The van der Waals surface area contributed by atoms with Crippen molar-refractivity contribution in [3.63, 3.8) is 0 Å². The Hall–Kier alpha value is -2.28. The molecule has 21 heavy (non-hydrogen) atoms. The number of aromatic nitrogens is 1. The summed E-state index contributed by atoms with van der Waals surface area (Å²) in [4.78, 5) is 2.33. The topological polar surface area (TPSA) is 48.4 Å². The van der Waals surface area contributed by atoms with Crippen molar-refractivity contribution >= 4 is 28.5 Å². The molecule has 0 saturated heterocycles. The Kier molecular flexibility index (Phi) is 3.21. The van der Waals surface area contributed by atoms with Crippen LogP contribution >= 0.6 is 11.3 Å². The summed E-state index contributed by atoms with van der Waals surface area (Å²) >= 11 is 0.673. The monoisotopic (exact) mass is 310 g/mol. The molecular formula is C14H9F3N2OS. The van der Waals surface area contributed by atoms with Gasteiger partial charge in [-0.25, -0.2) is 0 Å². The number of halogens is 3. The second kappa shape index (κ2) is 4.92. The number of nitrogens with zero attached hydrogens (tertiary/aromatic N) is 1. The molecule has 7 heteroatoms. The summed E-state index contributed by atoms with van der Waals surface area (Å²) < 4.78 is 39.1. The average molecular weight is 310 g/mol. The van der Waals surface area contributed by atoms with E-state index in [1.54, 1.807) is 24.4 Å². The van der Waals surface area contributed by atoms with Crippen LogP contribution in [0.2, 0.25) is 0 Å². The molecule has 0 saturated carbocycles. The zero-order valence-corrected chi connectivity index (χ0v) is 11.3. The Labute approximate surface area is 121 Å². The van der Waals surface area contributed by atoms with Crippen molar-refractivity contribution in [3.8, 4) is 11.1 Å². The number of fused-ring (bicyclic) bond motifs is 1. The molecule has 0 atom stereocenters. The highest BCUT2D eigenvalue weighted by Crippen LogP contribution is 2.42. The van der Waals surface area contributed by atoms with Crippen LogP contribution in [0.15, 0.2) is 41.0 Å². The molecule has 2 aromatic heterocycles. The highest BCUT2D eigenvalue weighted by atomic mass is 32.1. The van der Waals surface area contributed by atoms with Crippen molar-refractivity contribution < 1.29 is 18.4 Å². The second-order valence-corrected chi connectivity index (χ2v) is 5.33. The summed E-state index contributed by atoms with van der Waals surface area (Å²) in [5.74, 6) is 0. The molecule has 0 radical (unpaired) electrons. The number of hydrogen-bond donors (Lipinski definition) is 2. The van der Waals surface area contributed by atoms with E-state index < -0.39 is 11.1 Å². The van der Waals surface area contributed by atoms with Gasteiger partial charge in [0.25, 0.3) is 0 Å². The van der Waals surface area contributed by atoms with Crippen LogP contribution < -0.4 is 0 Å². The molecule has 2 heterocycles. The van der Waals surface area contributed by atoms with E-state index in [9.17, 15) is 13.2 Å². The fourth-order valence-corrected chi connectivity index (χ4v) is 3.03. The van der Waals surface area contributed by atoms with Gasteiger partial charge in [0.1, 0.15) is 4.88 Å². The van der Waals surface area contributed by atoms with Crippen molar-refractivity contribution in [2.75, 3.05) is 0 Å². The van der Waals surface area contributed by atoms with Gasteiger partial charge in [0.15, 0.2) is 0 Å². The predicted octanol–water partition coefficient (Wildman–Crippen LogP) is 4.72. The highest BCUT2D eigenvalue weighted by Gasteiger charge is 2.35. The molecule has 0 spiro atoms. The van der Waals surface area contributed by atoms with Gasteiger partial charge >= 0.3 is 6.18 Å². The third-order valence-corrected chi connectivity index (χ3v) is 4.08. The first kappa shape index (κ1) is 13.7. The molecule has 0 aliphatic heterocycles. The van der Waals surface area contributed by atoms with Crippen LogP contribution in [0.25, 0.3) is 22.0 Å². The Morgan fingerprint density at radius 3 is 2.71 bits per heavy atom. The van der Waals surface area contributed by atoms with Crippen molar-refractivity contribution in [1.82, 2.24) is 4.98 Å². The van der Waals surface area contributed by atoms with Gasteiger partial charge in [0.05, 0.1) is 6.21 Å². The van der Waals surface area contributed by atoms with Crippen LogP contribution in [0.1, 0.15) is 10.4 Å². The Morgan fingerprint density at radius 1 is 1.19 bits per heavy atom. The quantitative estimate of drug-likeness (QED) is 0.401. The average Bonchev–Trinajstić information content (AvgIpc) is 3.03. The van der Waals surface area contributed by atoms with Gasteiger partial charge in [-0.15, -0.1) is 11.3 Å². The smallest absolute Gasteiger partial charge is 0.411 e. The summed E-state index contributed by atoms with van der Waals surface area (Å²) in [6, 6.07) is 6.58. The Bertz CT molecular complexity index is 817. The lowest BCUT2D eigenvalue weighted by Gasteiger charge is -2.07. The van der Waals surface area contributed by atoms with E-state index in [0.717, 1.165) is 5.52 Å². The maximum Gasteiger partial charge on any atom is 0.426 e. The summed E-state index contributed by atoms with van der Waals surface area (Å²) in [6.45, 7) is 0. The van der Waals surface area contributed by atoms with Crippen LogP contribution in [-0.2, 0) is 6.18 Å². The molecule has 3 nitrogen and oxygen atoms in total. The van der Waals surface area contributed by atoms with Crippen LogP contribution in [-0.4, -0.2) is 16.4 Å². The molecule has 2 N–H and O–H groups in total. The Morgan fingerprint density at radius 2 is 2.00 bits per heavy atom. The summed E-state index contributed by atoms with van der Waals surface area (Å²) in [6.07, 6.45) is -1.59. The molecular weight excluding hydrogens is 301 g/mol. The number of aromatic amines is 1. The SMILES string of the molecule is O/N=C/c1ccc2[nH]cc(-c3ccsc3C(F)(F)F)c2c1. The van der Waals surface area contributed by atoms with E-state index in [2.05, 4.69) is 10.1 Å². The molecule has 0 aliphatic carbocycles. The number of benzene rings is 1. The number of nitrogens with one attached hydrogen (secondary N) is 1. The summed E-state index contributed by atoms with van der Waals surface area (Å²) in [5, 5.41) is 13.6. The second-order valence-electron chi connectivity index (χ2n) is 4.41. The molecule has 0 fully saturated rings. The van der Waals surface area contributed by atoms with Crippen molar-refractivity contribution in [3.05, 3.63) is 46.3 Å². The van der Waals surface area contributed by atoms with E-state index in [4.69, 9.17) is 5.21 Å². The summed E-state index contributed by atoms with van der Waals surface area (Å²) in [5.41, 5.74) is 1.96. The molecule has 0 bridgehead atoms. The first-order chi connectivity index (χ1) is 10.0. The number of oxime groups is 1. The predicted molar refractivity (Wildman–Crippen MR) is 76.0 cm³/mol. The van der Waals surface area contributed by atoms with Crippen LogP contribution in [0.3, 0.4) is 0 Å². The van der Waals surface area contributed by atoms with Gasteiger partial charge in [-0.3, -0.25) is 0 Å². The van der Waals surface area contributed by atoms with E-state index >= 15 is 0 Å². The Balaban J connectivity index is 2.21. The maximum atomic E-state index is 13.0. The van der Waals surface area contributed by atoms with E-state index in [-0.39, 0.29) is 5.56 Å². The lowest BCUT2D eigenvalue weighted by molar-refractivity contribution is -0.133. The van der Waals surface area contributed by atoms with Crippen LogP contribution in [0.5, 0.6) is 0 Å². The van der Waals surface area contributed by atoms with Crippen LogP contribution in [0, 0.1) is 0 Å². The summed E-state index contributed by atoms with van der Waals surface area (Å²) in [7, 11) is 0. The van der Waals surface area contributed by atoms with Crippen molar-refractivity contribution in [2.45, 2.75) is 6.18 Å². The molecule has 3 rings (SSSR count). The van der Waals surface area contributed by atoms with Gasteiger partial charge in [0, 0.05) is 28.2 Å². The molecule has 3 aromatic rings. The van der Waals surface area contributed by atoms with E-state index in [1.807, 2.05) is 0 Å². The highest BCUT2D eigenvalue weighted by molar-refractivity contribution is 7.10. The minimum Gasteiger partial charge on any atom is -0.411 e. The standard InChI is InChI=1S/C14H9F3N2OS/c15-14(16,17)13-9(3-4-21-13)11-7-18-12-2-1-8(6-19-20)5-10(11)12/h1-7,18,20H/b19-6+. The minimum absolute atomic E-state index is 0.150. The third-order valence-electron chi connectivity index (χ3n) is 3.13. The zero-order valence-electron chi connectivity index (χ0n) is 10.5. The van der Waals surface area contributed by atoms with Gasteiger partial charge in [-0.1, -0.05) is 11.2 Å². The zero-order chi connectivity index (χ0) is 15.0. The van der Waals surface area contributed by atoms with Gasteiger partial charge in [-0.2, -0.15) is 13.2 Å². The van der Waals surface area contributed by atoms with Gasteiger partial charge in [-0.05, 0) is 29.1 Å². The van der Waals surface area contributed by atoms with Crippen LogP contribution in [0.4, 0.5) is 13.2 Å². The fourth-order valence-electron chi connectivity index (χ4n) is 2.25. The lowest BCUT2D eigenvalue weighted by Crippen LogP contribution is -2.03. The largest absolute Gasteiger partial charge is 0.426 e. The fraction of sp³-hybridized carbons (Fsp3) is 0.0714. The molecule has 0 unspecified atom stereocenters. The number of thiophene rings is 1. The van der Waals surface area contributed by atoms with Gasteiger partial charge in [0.2, 0.25) is 0 Å². The molecule has 0 amide bonds. The number of rotatable bonds is 2. The lowest BCUT2D eigenvalue weighted by atomic mass is 10.0. The van der Waals surface area contributed by atoms with E-state index in [1.165, 1.54) is 17.7 Å². The maximum absolute atomic E-state index is 13.0. The first-order valence-corrected chi connectivity index (χ1v) is 6.82. The van der Waals surface area contributed by atoms with Crippen molar-refractivity contribution in [2.24, 2.45) is 5.16 Å². The van der Waals surface area contributed by atoms with E-state index in [0.29, 0.717) is 27.8 Å². The third kappa shape index (κ3) is 2.40. The molecule has 0 aliphatic rings. The molecule has 1 aromatic carbocycles. The van der Waals surface area contributed by atoms with Gasteiger partial charge < -0.3 is 10.2 Å². The first-order valence-electron chi connectivity index (χ1n) is 5.94. The minimum atomic E-state index is -4.38. The number of H-pyrrole nitrogens is 1. The number of alkyl halides is 3. The number of hydrogen-bond acceptors (Lipinski definition) is 3.